The number of nitrogens with one attached hydrogen (secondary N) is 1. The molecular weight excluding hydrogens is 214 g/mol. The number of nitrogens with zero attached hydrogens (tertiary/aromatic N) is 3. The van der Waals surface area contributed by atoms with Crippen LogP contribution in [0.3, 0.4) is 0 Å². The largest absolute Gasteiger partial charge is 0.383 e. The summed E-state index contributed by atoms with van der Waals surface area (Å²) in [6, 6.07) is 0.471. The predicted octanol–water partition coefficient (Wildman–Crippen LogP) is 1.12. The molecule has 1 saturated heterocycles. The Morgan fingerprint density at radius 1 is 1.47 bits per heavy atom. The van der Waals surface area contributed by atoms with E-state index in [-0.39, 0.29) is 0 Å². The topological polar surface area (TPSA) is 67.1 Å². The average Bonchev–Trinajstić information content (AvgIpc) is 2.28. The lowest BCUT2D eigenvalue weighted by Crippen LogP contribution is -2.43. The Balaban J connectivity index is 2.08. The van der Waals surface area contributed by atoms with Gasteiger partial charge >= 0.3 is 0 Å². The van der Waals surface area contributed by atoms with Crippen LogP contribution in [0.5, 0.6) is 0 Å². The maximum atomic E-state index is 5.78. The molecule has 0 amide bonds. The highest BCUT2D eigenvalue weighted by molar-refractivity contribution is 5.54. The van der Waals surface area contributed by atoms with E-state index in [1.165, 1.54) is 6.33 Å². The lowest BCUT2D eigenvalue weighted by Gasteiger charge is -2.35. The molecule has 0 saturated carbocycles. The van der Waals surface area contributed by atoms with Crippen LogP contribution in [0.1, 0.15) is 18.9 Å². The van der Waals surface area contributed by atoms with E-state index in [1.807, 2.05) is 6.92 Å². The van der Waals surface area contributed by atoms with Crippen LogP contribution < -0.4 is 11.1 Å². The Morgan fingerprint density at radius 2 is 2.24 bits per heavy atom. The summed E-state index contributed by atoms with van der Waals surface area (Å²) in [5.74, 6) is 2.05. The van der Waals surface area contributed by atoms with Gasteiger partial charge in [0.2, 0.25) is 0 Å². The Labute approximate surface area is 102 Å². The van der Waals surface area contributed by atoms with Gasteiger partial charge < -0.3 is 16.0 Å². The number of rotatable bonds is 2. The van der Waals surface area contributed by atoms with Crippen LogP contribution in [0.15, 0.2) is 6.33 Å². The molecular formula is C12H21N5. The van der Waals surface area contributed by atoms with Crippen LogP contribution in [0, 0.1) is 12.8 Å². The minimum Gasteiger partial charge on any atom is -0.383 e. The van der Waals surface area contributed by atoms with Crippen molar-refractivity contribution in [1.82, 2.24) is 14.9 Å². The molecule has 2 atom stereocenters. The second-order valence-electron chi connectivity index (χ2n) is 5.01. The lowest BCUT2D eigenvalue weighted by atomic mass is 9.94. The zero-order valence-corrected chi connectivity index (χ0v) is 10.8. The summed E-state index contributed by atoms with van der Waals surface area (Å²) in [6.45, 7) is 6.48. The van der Waals surface area contributed by atoms with Crippen molar-refractivity contribution >= 4 is 11.6 Å². The zero-order chi connectivity index (χ0) is 12.4. The molecule has 94 valence electrons. The first kappa shape index (κ1) is 12.1. The second kappa shape index (κ2) is 4.87. The molecule has 5 heteroatoms. The van der Waals surface area contributed by atoms with E-state index >= 15 is 0 Å². The molecule has 0 spiro atoms. The number of hydrogen-bond donors (Lipinski definition) is 2. The normalized spacial score (nSPS) is 25.8. The van der Waals surface area contributed by atoms with Crippen molar-refractivity contribution in [2.75, 3.05) is 31.2 Å². The molecule has 2 unspecified atom stereocenters. The Bertz CT molecular complexity index is 392. The van der Waals surface area contributed by atoms with E-state index in [2.05, 4.69) is 34.2 Å². The van der Waals surface area contributed by atoms with Crippen molar-refractivity contribution < 1.29 is 0 Å². The number of nitrogens with two attached hydrogens (primary N) is 1. The van der Waals surface area contributed by atoms with E-state index in [9.17, 15) is 0 Å². The Hall–Kier alpha value is -1.36. The van der Waals surface area contributed by atoms with Crippen molar-refractivity contribution in [2.45, 2.75) is 26.3 Å². The third-order valence-electron chi connectivity index (χ3n) is 3.55. The molecule has 3 N–H and O–H groups in total. The van der Waals surface area contributed by atoms with Gasteiger partial charge in [-0.1, -0.05) is 6.92 Å². The smallest absolute Gasteiger partial charge is 0.134 e. The van der Waals surface area contributed by atoms with Gasteiger partial charge in [0.05, 0.1) is 0 Å². The SMILES string of the molecule is Cc1c(N)ncnc1NC1CCN(C)CC1C. The summed E-state index contributed by atoms with van der Waals surface area (Å²) < 4.78 is 0. The predicted molar refractivity (Wildman–Crippen MR) is 69.9 cm³/mol. The van der Waals surface area contributed by atoms with Crippen molar-refractivity contribution in [3.05, 3.63) is 11.9 Å². The standard InChI is InChI=1S/C12H21N5/c1-8-6-17(3)5-4-10(8)16-12-9(2)11(13)14-7-15-12/h7-8,10H,4-6H2,1-3H3,(H3,13,14,15,16). The van der Waals surface area contributed by atoms with Crippen molar-refractivity contribution in [3.8, 4) is 0 Å². The molecule has 0 aliphatic carbocycles. The van der Waals surface area contributed by atoms with Crippen LogP contribution in [0.4, 0.5) is 11.6 Å². The number of hydrogen-bond acceptors (Lipinski definition) is 5. The highest BCUT2D eigenvalue weighted by atomic mass is 15.1. The van der Waals surface area contributed by atoms with E-state index < -0.39 is 0 Å². The molecule has 2 heterocycles. The fourth-order valence-electron chi connectivity index (χ4n) is 2.35. The Kier molecular flexibility index (Phi) is 3.47. The molecule has 0 radical (unpaired) electrons. The first-order valence-electron chi connectivity index (χ1n) is 6.10. The van der Waals surface area contributed by atoms with E-state index in [1.54, 1.807) is 0 Å². The molecule has 0 bridgehead atoms. The fourth-order valence-corrected chi connectivity index (χ4v) is 2.35. The quantitative estimate of drug-likeness (QED) is 0.804. The number of likely N-dealkylation sites (tertiary alicyclic amines) is 1. The highest BCUT2D eigenvalue weighted by Crippen LogP contribution is 2.22. The number of nitrogen functional groups attached to an aromatic ring is 1. The molecule has 17 heavy (non-hydrogen) atoms. The van der Waals surface area contributed by atoms with E-state index in [0.29, 0.717) is 17.8 Å². The van der Waals surface area contributed by atoms with Gasteiger partial charge in [-0.15, -0.1) is 0 Å². The molecule has 1 aromatic rings. The lowest BCUT2D eigenvalue weighted by molar-refractivity contribution is 0.206. The maximum absolute atomic E-state index is 5.78. The summed E-state index contributed by atoms with van der Waals surface area (Å²) in [6.07, 6.45) is 2.66. The van der Waals surface area contributed by atoms with Gasteiger partial charge in [0.15, 0.2) is 0 Å². The number of aromatic nitrogens is 2. The van der Waals surface area contributed by atoms with Crippen LogP contribution in [0.2, 0.25) is 0 Å². The van der Waals surface area contributed by atoms with Crippen LogP contribution >= 0.6 is 0 Å². The van der Waals surface area contributed by atoms with Crippen molar-refractivity contribution in [1.29, 1.82) is 0 Å². The molecule has 2 rings (SSSR count). The van der Waals surface area contributed by atoms with E-state index in [0.717, 1.165) is 30.9 Å². The first-order valence-corrected chi connectivity index (χ1v) is 6.10. The third kappa shape index (κ3) is 2.66. The summed E-state index contributed by atoms with van der Waals surface area (Å²) >= 11 is 0. The summed E-state index contributed by atoms with van der Waals surface area (Å²) in [5, 5.41) is 3.50. The number of piperidine rings is 1. The van der Waals surface area contributed by atoms with Crippen LogP contribution in [-0.2, 0) is 0 Å². The molecule has 1 aromatic heterocycles. The fraction of sp³-hybridized carbons (Fsp3) is 0.667. The van der Waals surface area contributed by atoms with Crippen LogP contribution in [0.25, 0.3) is 0 Å². The molecule has 1 aliphatic rings. The number of anilines is 2. The minimum atomic E-state index is 0.471. The first-order chi connectivity index (χ1) is 8.08. The highest BCUT2D eigenvalue weighted by Gasteiger charge is 2.24. The molecule has 5 nitrogen and oxygen atoms in total. The molecule has 1 aliphatic heterocycles. The van der Waals surface area contributed by atoms with Gasteiger partial charge in [-0.2, -0.15) is 0 Å². The average molecular weight is 235 g/mol. The third-order valence-corrected chi connectivity index (χ3v) is 3.55. The summed E-state index contributed by atoms with van der Waals surface area (Å²) in [5.41, 5.74) is 6.73. The second-order valence-corrected chi connectivity index (χ2v) is 5.01. The van der Waals surface area contributed by atoms with Gasteiger partial charge in [0.1, 0.15) is 18.0 Å². The van der Waals surface area contributed by atoms with Crippen LogP contribution in [-0.4, -0.2) is 41.0 Å². The zero-order valence-electron chi connectivity index (χ0n) is 10.8. The summed E-state index contributed by atoms with van der Waals surface area (Å²) in [7, 11) is 2.17. The monoisotopic (exact) mass is 235 g/mol. The Morgan fingerprint density at radius 3 is 2.94 bits per heavy atom. The van der Waals surface area contributed by atoms with E-state index in [4.69, 9.17) is 5.73 Å². The van der Waals surface area contributed by atoms with Gasteiger partial charge in [0, 0.05) is 18.2 Å². The van der Waals surface area contributed by atoms with Crippen molar-refractivity contribution in [3.63, 3.8) is 0 Å². The van der Waals surface area contributed by atoms with Gasteiger partial charge in [-0.25, -0.2) is 9.97 Å². The van der Waals surface area contributed by atoms with Gasteiger partial charge in [0.25, 0.3) is 0 Å². The summed E-state index contributed by atoms with van der Waals surface area (Å²) in [4.78, 5) is 10.6. The van der Waals surface area contributed by atoms with Crippen molar-refractivity contribution in [2.24, 2.45) is 5.92 Å². The minimum absolute atomic E-state index is 0.471. The molecule has 1 fully saturated rings. The van der Waals surface area contributed by atoms with Gasteiger partial charge in [-0.3, -0.25) is 0 Å². The molecule has 0 aromatic carbocycles. The van der Waals surface area contributed by atoms with Gasteiger partial charge in [-0.05, 0) is 32.9 Å². The maximum Gasteiger partial charge on any atom is 0.134 e.